The fourth-order valence-electron chi connectivity index (χ4n) is 2.60. The largest absolute Gasteiger partial charge is 0.364 e. The summed E-state index contributed by atoms with van der Waals surface area (Å²) < 4.78 is 0. The predicted molar refractivity (Wildman–Crippen MR) is 70.9 cm³/mol. The van der Waals surface area contributed by atoms with Crippen LogP contribution in [0.3, 0.4) is 0 Å². The summed E-state index contributed by atoms with van der Waals surface area (Å²) in [5, 5.41) is 7.46. The van der Waals surface area contributed by atoms with Crippen molar-refractivity contribution < 1.29 is 9.59 Å². The van der Waals surface area contributed by atoms with Crippen molar-refractivity contribution in [3.63, 3.8) is 0 Å². The van der Waals surface area contributed by atoms with Gasteiger partial charge in [-0.2, -0.15) is 5.10 Å². The number of carbonyl (C=O) groups is 2. The van der Waals surface area contributed by atoms with E-state index in [0.717, 1.165) is 35.1 Å². The first kappa shape index (κ1) is 11.7. The molecule has 1 saturated heterocycles. The number of benzene rings is 1. The highest BCUT2D eigenvalue weighted by Gasteiger charge is 2.23. The zero-order valence-electron chi connectivity index (χ0n) is 10.6. The van der Waals surface area contributed by atoms with Crippen molar-refractivity contribution in [1.29, 1.82) is 0 Å². The second kappa shape index (κ2) is 4.08. The molecule has 0 atom stereocenters. The number of primary amides is 1. The van der Waals surface area contributed by atoms with Crippen LogP contribution in [0, 0.1) is 6.92 Å². The molecule has 1 fully saturated rings. The lowest BCUT2D eigenvalue weighted by Crippen LogP contribution is -2.23. The number of rotatable bonds is 2. The number of anilines is 1. The van der Waals surface area contributed by atoms with Gasteiger partial charge >= 0.3 is 0 Å². The smallest absolute Gasteiger partial charge is 0.269 e. The molecule has 0 unspecified atom stereocenters. The van der Waals surface area contributed by atoms with E-state index in [1.807, 2.05) is 19.1 Å². The molecule has 3 rings (SSSR count). The lowest BCUT2D eigenvalue weighted by molar-refractivity contribution is -0.117. The van der Waals surface area contributed by atoms with Crippen molar-refractivity contribution in [1.82, 2.24) is 10.2 Å². The molecule has 0 bridgehead atoms. The third-order valence-electron chi connectivity index (χ3n) is 3.46. The van der Waals surface area contributed by atoms with E-state index in [4.69, 9.17) is 5.73 Å². The van der Waals surface area contributed by atoms with Crippen LogP contribution in [-0.4, -0.2) is 28.6 Å². The number of nitrogens with two attached hydrogens (primary N) is 1. The monoisotopic (exact) mass is 258 g/mol. The van der Waals surface area contributed by atoms with Crippen LogP contribution in [0.1, 0.15) is 28.9 Å². The van der Waals surface area contributed by atoms with E-state index in [-0.39, 0.29) is 11.6 Å². The normalized spacial score (nSPS) is 15.4. The van der Waals surface area contributed by atoms with Crippen LogP contribution in [0.15, 0.2) is 12.1 Å². The summed E-state index contributed by atoms with van der Waals surface area (Å²) in [6, 6.07) is 3.73. The Balaban J connectivity index is 2.15. The average molecular weight is 258 g/mol. The maximum Gasteiger partial charge on any atom is 0.269 e. The minimum atomic E-state index is -0.556. The number of H-pyrrole nitrogens is 1. The Labute approximate surface area is 109 Å². The zero-order valence-corrected chi connectivity index (χ0v) is 10.6. The SMILES string of the molecule is Cc1cc(N2CCCC2=O)cc2[nH]nc(C(N)=O)c12. The van der Waals surface area contributed by atoms with Gasteiger partial charge in [-0.1, -0.05) is 0 Å². The molecule has 1 aliphatic heterocycles. The maximum atomic E-state index is 11.8. The molecule has 0 spiro atoms. The standard InChI is InChI=1S/C13H14N4O2/c1-7-5-8(17-4-2-3-10(17)18)6-9-11(7)12(13(14)19)16-15-9/h5-6H,2-4H2,1H3,(H2,14,19)(H,15,16). The summed E-state index contributed by atoms with van der Waals surface area (Å²) in [6.07, 6.45) is 1.47. The van der Waals surface area contributed by atoms with Gasteiger partial charge in [0.1, 0.15) is 0 Å². The average Bonchev–Trinajstić information content (AvgIpc) is 2.94. The van der Waals surface area contributed by atoms with Crippen LogP contribution < -0.4 is 10.6 Å². The van der Waals surface area contributed by atoms with Gasteiger partial charge in [0.15, 0.2) is 5.69 Å². The van der Waals surface area contributed by atoms with Gasteiger partial charge in [-0.05, 0) is 31.0 Å². The Kier molecular flexibility index (Phi) is 2.51. The molecule has 3 N–H and O–H groups in total. The van der Waals surface area contributed by atoms with Gasteiger partial charge in [0.2, 0.25) is 5.91 Å². The van der Waals surface area contributed by atoms with E-state index >= 15 is 0 Å². The molecule has 6 heteroatoms. The highest BCUT2D eigenvalue weighted by atomic mass is 16.2. The van der Waals surface area contributed by atoms with Crippen molar-refractivity contribution in [3.05, 3.63) is 23.4 Å². The Morgan fingerprint density at radius 3 is 2.89 bits per heavy atom. The number of aromatic amines is 1. The van der Waals surface area contributed by atoms with Gasteiger partial charge in [-0.15, -0.1) is 0 Å². The van der Waals surface area contributed by atoms with Crippen molar-refractivity contribution in [2.24, 2.45) is 5.73 Å². The molecule has 2 heterocycles. The van der Waals surface area contributed by atoms with Gasteiger partial charge in [-0.3, -0.25) is 14.7 Å². The number of nitrogens with zero attached hydrogens (tertiary/aromatic N) is 2. The van der Waals surface area contributed by atoms with Crippen LogP contribution in [-0.2, 0) is 4.79 Å². The molecular formula is C13H14N4O2. The summed E-state index contributed by atoms with van der Waals surface area (Å²) in [7, 11) is 0. The number of hydrogen-bond donors (Lipinski definition) is 2. The second-order valence-electron chi connectivity index (χ2n) is 4.77. The molecule has 98 valence electrons. The first-order chi connectivity index (χ1) is 9.08. The maximum absolute atomic E-state index is 11.8. The number of aryl methyl sites for hydroxylation is 1. The zero-order chi connectivity index (χ0) is 13.6. The summed E-state index contributed by atoms with van der Waals surface area (Å²) in [4.78, 5) is 24.8. The van der Waals surface area contributed by atoms with Crippen LogP contribution in [0.2, 0.25) is 0 Å². The fourth-order valence-corrected chi connectivity index (χ4v) is 2.60. The van der Waals surface area contributed by atoms with Gasteiger partial charge in [0.25, 0.3) is 5.91 Å². The minimum absolute atomic E-state index is 0.133. The van der Waals surface area contributed by atoms with Crippen LogP contribution in [0.5, 0.6) is 0 Å². The number of nitrogens with one attached hydrogen (secondary N) is 1. The summed E-state index contributed by atoms with van der Waals surface area (Å²) in [5.41, 5.74) is 7.98. The molecule has 2 aromatic rings. The van der Waals surface area contributed by atoms with E-state index in [9.17, 15) is 9.59 Å². The Morgan fingerprint density at radius 1 is 1.47 bits per heavy atom. The highest BCUT2D eigenvalue weighted by Crippen LogP contribution is 2.29. The first-order valence-corrected chi connectivity index (χ1v) is 6.17. The van der Waals surface area contributed by atoms with Crippen molar-refractivity contribution >= 4 is 28.4 Å². The van der Waals surface area contributed by atoms with Crippen molar-refractivity contribution in [2.45, 2.75) is 19.8 Å². The molecule has 19 heavy (non-hydrogen) atoms. The van der Waals surface area contributed by atoms with Gasteiger partial charge in [0.05, 0.1) is 5.52 Å². The molecule has 0 radical (unpaired) electrons. The number of fused-ring (bicyclic) bond motifs is 1. The highest BCUT2D eigenvalue weighted by molar-refractivity contribution is 6.06. The lowest BCUT2D eigenvalue weighted by Gasteiger charge is -2.16. The molecule has 0 aliphatic carbocycles. The number of hydrogen-bond acceptors (Lipinski definition) is 3. The van der Waals surface area contributed by atoms with Crippen LogP contribution in [0.25, 0.3) is 10.9 Å². The van der Waals surface area contributed by atoms with Crippen LogP contribution in [0.4, 0.5) is 5.69 Å². The van der Waals surface area contributed by atoms with E-state index in [2.05, 4.69) is 10.2 Å². The molecule has 0 saturated carbocycles. The molecule has 2 amide bonds. The van der Waals surface area contributed by atoms with Crippen molar-refractivity contribution in [3.8, 4) is 0 Å². The predicted octanol–water partition coefficient (Wildman–Crippen LogP) is 1.10. The van der Waals surface area contributed by atoms with Gasteiger partial charge in [-0.25, -0.2) is 0 Å². The Bertz CT molecular complexity index is 689. The van der Waals surface area contributed by atoms with E-state index in [1.54, 1.807) is 4.90 Å². The Hall–Kier alpha value is -2.37. The molecule has 1 aliphatic rings. The van der Waals surface area contributed by atoms with Gasteiger partial charge in [0, 0.05) is 24.0 Å². The molecular weight excluding hydrogens is 244 g/mol. The third-order valence-corrected chi connectivity index (χ3v) is 3.46. The number of amides is 2. The second-order valence-corrected chi connectivity index (χ2v) is 4.77. The van der Waals surface area contributed by atoms with Crippen molar-refractivity contribution in [2.75, 3.05) is 11.4 Å². The molecule has 1 aromatic heterocycles. The van der Waals surface area contributed by atoms with E-state index in [0.29, 0.717) is 6.42 Å². The Morgan fingerprint density at radius 2 is 2.26 bits per heavy atom. The molecule has 6 nitrogen and oxygen atoms in total. The summed E-state index contributed by atoms with van der Waals surface area (Å²) in [5.74, 6) is -0.423. The minimum Gasteiger partial charge on any atom is -0.364 e. The quantitative estimate of drug-likeness (QED) is 0.844. The summed E-state index contributed by atoms with van der Waals surface area (Å²) >= 11 is 0. The third kappa shape index (κ3) is 1.76. The lowest BCUT2D eigenvalue weighted by atomic mass is 10.1. The number of carbonyl (C=O) groups excluding carboxylic acids is 2. The first-order valence-electron chi connectivity index (χ1n) is 6.17. The topological polar surface area (TPSA) is 92.1 Å². The molecule has 1 aromatic carbocycles. The number of aromatic nitrogens is 2. The fraction of sp³-hybridized carbons (Fsp3) is 0.308. The van der Waals surface area contributed by atoms with E-state index < -0.39 is 5.91 Å². The van der Waals surface area contributed by atoms with Gasteiger partial charge < -0.3 is 10.6 Å². The summed E-state index contributed by atoms with van der Waals surface area (Å²) in [6.45, 7) is 2.62. The van der Waals surface area contributed by atoms with Crippen LogP contribution >= 0.6 is 0 Å². The van der Waals surface area contributed by atoms with E-state index in [1.165, 1.54) is 0 Å².